The molecule has 4 nitrogen and oxygen atoms in total. The van der Waals surface area contributed by atoms with E-state index in [-0.39, 0.29) is 0 Å². The molecule has 4 heteroatoms. The minimum Gasteiger partial charge on any atom is -0.354 e. The number of unbranched alkanes of at least 4 members (excludes halogenated alkanes) is 10. The first-order valence-electron chi connectivity index (χ1n) is 13.6. The zero-order valence-corrected chi connectivity index (χ0v) is 21.4. The molecule has 2 aromatic heterocycles. The van der Waals surface area contributed by atoms with Crippen LogP contribution in [-0.2, 0) is 13.1 Å². The summed E-state index contributed by atoms with van der Waals surface area (Å²) in [6.07, 6.45) is 25.4. The van der Waals surface area contributed by atoms with Gasteiger partial charge < -0.3 is 9.13 Å². The molecular weight excluding hydrogens is 404 g/mol. The molecule has 33 heavy (non-hydrogen) atoms. The van der Waals surface area contributed by atoms with E-state index in [1.54, 1.807) is 0 Å². The van der Waals surface area contributed by atoms with Crippen LogP contribution in [0.2, 0.25) is 0 Å². The molecule has 184 valence electrons. The van der Waals surface area contributed by atoms with E-state index in [2.05, 4.69) is 72.0 Å². The predicted octanol–water partition coefficient (Wildman–Crippen LogP) is 6.90. The zero-order valence-electron chi connectivity index (χ0n) is 21.4. The van der Waals surface area contributed by atoms with Crippen molar-refractivity contribution in [2.24, 2.45) is 9.98 Å². The van der Waals surface area contributed by atoms with Gasteiger partial charge in [0.05, 0.1) is 10.7 Å². The van der Waals surface area contributed by atoms with E-state index in [4.69, 9.17) is 9.98 Å². The van der Waals surface area contributed by atoms with Gasteiger partial charge in [0, 0.05) is 51.0 Å². The van der Waals surface area contributed by atoms with Crippen molar-refractivity contribution in [3.8, 4) is 0 Å². The first-order chi connectivity index (χ1) is 16.3. The topological polar surface area (TPSA) is 34.6 Å². The normalized spacial score (nSPS) is 11.0. The molecule has 0 aromatic carbocycles. The van der Waals surface area contributed by atoms with Gasteiger partial charge in [-0.25, -0.2) is 0 Å². The van der Waals surface area contributed by atoms with E-state index in [0.29, 0.717) is 0 Å². The molecule has 0 saturated carbocycles. The second-order valence-corrected chi connectivity index (χ2v) is 9.24. The standard InChI is InChI=1S/C29H48N4/c1-3-5-7-9-12-20-30-28-16-24-32(25-17-28)22-14-11-15-23-33-26-18-29(19-27-33)31-21-13-10-8-6-4-2/h16-19,24-27H,3-15,20-23H2,1-2H3. The largest absolute Gasteiger partial charge is 0.354 e. The van der Waals surface area contributed by atoms with Crippen molar-refractivity contribution < 1.29 is 0 Å². The van der Waals surface area contributed by atoms with Crippen molar-refractivity contribution in [1.82, 2.24) is 9.13 Å². The molecule has 0 aliphatic heterocycles. The van der Waals surface area contributed by atoms with E-state index in [9.17, 15) is 0 Å². The maximum absolute atomic E-state index is 4.70. The van der Waals surface area contributed by atoms with Gasteiger partial charge in [0.25, 0.3) is 0 Å². The van der Waals surface area contributed by atoms with Gasteiger partial charge in [-0.3, -0.25) is 9.98 Å². The molecule has 0 bridgehead atoms. The Bertz CT molecular complexity index is 750. The highest BCUT2D eigenvalue weighted by Crippen LogP contribution is 2.04. The number of hydrogen-bond acceptors (Lipinski definition) is 2. The molecule has 2 heterocycles. The Hall–Kier alpha value is -2.10. The fraction of sp³-hybridized carbons (Fsp3) is 0.655. The van der Waals surface area contributed by atoms with Crippen LogP contribution in [-0.4, -0.2) is 22.2 Å². The van der Waals surface area contributed by atoms with Crippen LogP contribution < -0.4 is 10.7 Å². The molecule has 0 atom stereocenters. The summed E-state index contributed by atoms with van der Waals surface area (Å²) in [5, 5.41) is 2.23. The lowest BCUT2D eigenvalue weighted by Crippen LogP contribution is -2.08. The molecule has 0 radical (unpaired) electrons. The van der Waals surface area contributed by atoms with Crippen LogP contribution in [0.5, 0.6) is 0 Å². The fourth-order valence-corrected chi connectivity index (χ4v) is 4.02. The Morgan fingerprint density at radius 1 is 0.485 bits per heavy atom. The molecule has 0 fully saturated rings. The van der Waals surface area contributed by atoms with Crippen molar-refractivity contribution >= 4 is 0 Å². The maximum Gasteiger partial charge on any atom is 0.0603 e. The molecule has 2 rings (SSSR count). The minimum absolute atomic E-state index is 0.958. The SMILES string of the molecule is CCCCCCCN=c1ccn(CCCCCn2ccc(=NCCCCCCC)cc2)cc1. The molecule has 0 N–H and O–H groups in total. The minimum atomic E-state index is 0.958. The zero-order chi connectivity index (χ0) is 23.4. The number of pyridine rings is 2. The number of rotatable bonds is 18. The number of hydrogen-bond donors (Lipinski definition) is 0. The van der Waals surface area contributed by atoms with Gasteiger partial charge in [0.15, 0.2) is 0 Å². The molecular formula is C29H48N4. The van der Waals surface area contributed by atoms with Crippen LogP contribution in [0.15, 0.2) is 59.0 Å². The Balaban J connectivity index is 1.57. The lowest BCUT2D eigenvalue weighted by molar-refractivity contribution is 0.542. The van der Waals surface area contributed by atoms with E-state index in [1.807, 2.05) is 0 Å². The third-order valence-corrected chi connectivity index (χ3v) is 6.19. The van der Waals surface area contributed by atoms with Crippen LogP contribution in [0.3, 0.4) is 0 Å². The average Bonchev–Trinajstić information content (AvgIpc) is 2.85. The fourth-order valence-electron chi connectivity index (χ4n) is 4.02. The molecule has 0 unspecified atom stereocenters. The van der Waals surface area contributed by atoms with Crippen LogP contribution in [0.25, 0.3) is 0 Å². The van der Waals surface area contributed by atoms with Crippen molar-refractivity contribution in [3.05, 3.63) is 59.8 Å². The van der Waals surface area contributed by atoms with Gasteiger partial charge in [-0.2, -0.15) is 0 Å². The summed E-state index contributed by atoms with van der Waals surface area (Å²) in [6.45, 7) is 8.60. The van der Waals surface area contributed by atoms with E-state index >= 15 is 0 Å². The smallest absolute Gasteiger partial charge is 0.0603 e. The summed E-state index contributed by atoms with van der Waals surface area (Å²) in [4.78, 5) is 9.41. The monoisotopic (exact) mass is 452 g/mol. The molecule has 0 aliphatic carbocycles. The first-order valence-corrected chi connectivity index (χ1v) is 13.6. The van der Waals surface area contributed by atoms with Crippen LogP contribution in [0, 0.1) is 0 Å². The van der Waals surface area contributed by atoms with Gasteiger partial charge in [-0.05, 0) is 56.4 Å². The summed E-state index contributed by atoms with van der Waals surface area (Å²) in [5.41, 5.74) is 0. The summed E-state index contributed by atoms with van der Waals surface area (Å²) >= 11 is 0. The average molecular weight is 453 g/mol. The molecule has 0 amide bonds. The highest BCUT2D eigenvalue weighted by molar-refractivity contribution is 4.94. The molecule has 0 saturated heterocycles. The first kappa shape index (κ1) is 27.1. The van der Waals surface area contributed by atoms with Crippen molar-refractivity contribution in [2.75, 3.05) is 13.1 Å². The Kier molecular flexibility index (Phi) is 15.1. The van der Waals surface area contributed by atoms with Crippen molar-refractivity contribution in [3.63, 3.8) is 0 Å². The van der Waals surface area contributed by atoms with Crippen molar-refractivity contribution in [2.45, 2.75) is 110 Å². The lowest BCUT2D eigenvalue weighted by Gasteiger charge is -2.08. The second-order valence-electron chi connectivity index (χ2n) is 9.24. The predicted molar refractivity (Wildman–Crippen MR) is 141 cm³/mol. The van der Waals surface area contributed by atoms with E-state index in [1.165, 1.54) is 83.5 Å². The van der Waals surface area contributed by atoms with Gasteiger partial charge in [0.1, 0.15) is 0 Å². The Morgan fingerprint density at radius 2 is 0.848 bits per heavy atom. The van der Waals surface area contributed by atoms with Crippen LogP contribution in [0.1, 0.15) is 97.3 Å². The summed E-state index contributed by atoms with van der Waals surface area (Å²) in [7, 11) is 0. The summed E-state index contributed by atoms with van der Waals surface area (Å²) in [6, 6.07) is 8.61. The Morgan fingerprint density at radius 3 is 1.24 bits per heavy atom. The van der Waals surface area contributed by atoms with Crippen molar-refractivity contribution in [1.29, 1.82) is 0 Å². The summed E-state index contributed by atoms with van der Waals surface area (Å²) < 4.78 is 4.57. The number of aromatic nitrogens is 2. The molecule has 0 spiro atoms. The highest BCUT2D eigenvalue weighted by Gasteiger charge is 1.94. The second kappa shape index (κ2) is 18.3. The van der Waals surface area contributed by atoms with E-state index < -0.39 is 0 Å². The number of nitrogens with zero attached hydrogens (tertiary/aromatic N) is 4. The van der Waals surface area contributed by atoms with Crippen LogP contribution >= 0.6 is 0 Å². The van der Waals surface area contributed by atoms with E-state index in [0.717, 1.165) is 36.9 Å². The third kappa shape index (κ3) is 13.3. The third-order valence-electron chi connectivity index (χ3n) is 6.19. The highest BCUT2D eigenvalue weighted by atomic mass is 14.9. The van der Waals surface area contributed by atoms with Gasteiger partial charge in [-0.1, -0.05) is 65.2 Å². The maximum atomic E-state index is 4.70. The van der Waals surface area contributed by atoms with Crippen LogP contribution in [0.4, 0.5) is 0 Å². The van der Waals surface area contributed by atoms with Gasteiger partial charge in [0.2, 0.25) is 0 Å². The number of aryl methyl sites for hydroxylation is 2. The Labute approximate surface area is 202 Å². The van der Waals surface area contributed by atoms with Gasteiger partial charge in [-0.15, -0.1) is 0 Å². The quantitative estimate of drug-likeness (QED) is 0.220. The molecule has 2 aromatic rings. The molecule has 0 aliphatic rings. The summed E-state index contributed by atoms with van der Waals surface area (Å²) in [5.74, 6) is 0. The van der Waals surface area contributed by atoms with Gasteiger partial charge >= 0.3 is 0 Å². The lowest BCUT2D eigenvalue weighted by atomic mass is 10.1.